The second-order valence-corrected chi connectivity index (χ2v) is 11.9. The van der Waals surface area contributed by atoms with Crippen LogP contribution in [0.4, 0.5) is 0 Å². The minimum absolute atomic E-state index is 0.102. The molecule has 0 aromatic heterocycles. The van der Waals surface area contributed by atoms with Crippen LogP contribution in [0.25, 0.3) is 0 Å². The van der Waals surface area contributed by atoms with Crippen molar-refractivity contribution >= 4 is 5.91 Å². The van der Waals surface area contributed by atoms with Crippen molar-refractivity contribution in [1.82, 2.24) is 5.32 Å². The van der Waals surface area contributed by atoms with E-state index in [0.29, 0.717) is 36.1 Å². The van der Waals surface area contributed by atoms with Crippen LogP contribution in [-0.4, -0.2) is 29.6 Å². The van der Waals surface area contributed by atoms with E-state index in [2.05, 4.69) is 5.32 Å². The van der Waals surface area contributed by atoms with Gasteiger partial charge in [0.15, 0.2) is 0 Å². The van der Waals surface area contributed by atoms with E-state index in [1.54, 1.807) is 0 Å². The summed E-state index contributed by atoms with van der Waals surface area (Å²) in [6.07, 6.45) is 10.7. The normalized spacial score (nSPS) is 52.2. The van der Waals surface area contributed by atoms with Crippen molar-refractivity contribution in [2.75, 3.05) is 6.54 Å². The van der Waals surface area contributed by atoms with Gasteiger partial charge in [0.05, 0.1) is 0 Å². The predicted octanol–water partition coefficient (Wildman–Crippen LogP) is 3.25. The molecule has 29 heavy (non-hydrogen) atoms. The number of hydrogen-bond acceptors (Lipinski definition) is 5. The molecule has 3 N–H and O–H groups in total. The first kappa shape index (κ1) is 19.0. The van der Waals surface area contributed by atoms with E-state index >= 15 is 0 Å². The molecule has 6 nitrogen and oxygen atoms in total. The topological polar surface area (TPSA) is 82.8 Å². The molecular formula is C23H36N2O4. The van der Waals surface area contributed by atoms with Gasteiger partial charge in [-0.15, -0.1) is 0 Å². The number of ether oxygens (including phenoxy) is 1. The molecule has 3 spiro atoms. The van der Waals surface area contributed by atoms with Gasteiger partial charge in [-0.25, -0.2) is 0 Å². The minimum atomic E-state index is -0.582. The molecule has 6 fully saturated rings. The number of rotatable bonds is 4. The lowest BCUT2D eigenvalue weighted by Crippen LogP contribution is -2.50. The summed E-state index contributed by atoms with van der Waals surface area (Å²) in [5.74, 6) is 2.28. The smallest absolute Gasteiger partial charge is 0.220 e. The third-order valence-electron chi connectivity index (χ3n) is 9.48. The van der Waals surface area contributed by atoms with Gasteiger partial charge in [0, 0.05) is 43.2 Å². The fourth-order valence-corrected chi connectivity index (χ4v) is 8.05. The van der Waals surface area contributed by atoms with Crippen molar-refractivity contribution in [2.24, 2.45) is 40.7 Å². The summed E-state index contributed by atoms with van der Waals surface area (Å²) in [4.78, 5) is 24.5. The van der Waals surface area contributed by atoms with Gasteiger partial charge in [-0.3, -0.25) is 4.79 Å². The van der Waals surface area contributed by atoms with Gasteiger partial charge in [-0.2, -0.15) is 9.78 Å². The first-order valence-electron chi connectivity index (χ1n) is 11.8. The lowest BCUT2D eigenvalue weighted by atomic mass is 9.56. The Morgan fingerprint density at radius 3 is 2.28 bits per heavy atom. The maximum absolute atomic E-state index is 12.3. The van der Waals surface area contributed by atoms with Crippen molar-refractivity contribution in [3.8, 4) is 0 Å². The van der Waals surface area contributed by atoms with Crippen LogP contribution in [-0.2, 0) is 19.3 Å². The monoisotopic (exact) mass is 404 g/mol. The van der Waals surface area contributed by atoms with E-state index in [0.717, 1.165) is 37.5 Å². The van der Waals surface area contributed by atoms with E-state index < -0.39 is 11.6 Å². The molecule has 6 aliphatic rings. The summed E-state index contributed by atoms with van der Waals surface area (Å²) in [6, 6.07) is 0. The Morgan fingerprint density at radius 1 is 1.03 bits per heavy atom. The van der Waals surface area contributed by atoms with Crippen LogP contribution < -0.4 is 11.1 Å². The first-order chi connectivity index (χ1) is 13.7. The minimum Gasteiger partial charge on any atom is -0.354 e. The van der Waals surface area contributed by atoms with Crippen molar-refractivity contribution in [3.63, 3.8) is 0 Å². The van der Waals surface area contributed by atoms with Crippen LogP contribution in [0.5, 0.6) is 0 Å². The summed E-state index contributed by atoms with van der Waals surface area (Å²) in [6.45, 7) is 4.36. The Kier molecular flexibility index (Phi) is 3.91. The Balaban J connectivity index is 1.07. The maximum atomic E-state index is 12.3. The van der Waals surface area contributed by atoms with Gasteiger partial charge in [-0.1, -0.05) is 0 Å². The van der Waals surface area contributed by atoms with Crippen molar-refractivity contribution in [3.05, 3.63) is 0 Å². The zero-order chi connectivity index (χ0) is 20.1. The third kappa shape index (κ3) is 2.71. The molecule has 1 heterocycles. The van der Waals surface area contributed by atoms with Gasteiger partial charge in [-0.05, 0) is 82.0 Å². The molecule has 4 unspecified atom stereocenters. The van der Waals surface area contributed by atoms with Crippen LogP contribution in [0.3, 0.4) is 0 Å². The Morgan fingerprint density at radius 2 is 1.66 bits per heavy atom. The van der Waals surface area contributed by atoms with E-state index in [4.69, 9.17) is 20.2 Å². The summed E-state index contributed by atoms with van der Waals surface area (Å²) >= 11 is 0. The highest BCUT2D eigenvalue weighted by molar-refractivity contribution is 5.76. The van der Waals surface area contributed by atoms with E-state index in [1.165, 1.54) is 32.1 Å². The summed E-state index contributed by atoms with van der Waals surface area (Å²) < 4.78 is 6.83. The van der Waals surface area contributed by atoms with Gasteiger partial charge in [0.25, 0.3) is 0 Å². The lowest BCUT2D eigenvalue weighted by molar-refractivity contribution is -0.375. The molecule has 6 rings (SSSR count). The van der Waals surface area contributed by atoms with Crippen LogP contribution in [0.1, 0.15) is 78.1 Å². The molecule has 0 aromatic carbocycles. The molecule has 6 heteroatoms. The number of carbonyl (C=O) groups is 1. The molecule has 4 atom stereocenters. The Labute approximate surface area is 173 Å². The molecule has 1 aliphatic heterocycles. The van der Waals surface area contributed by atoms with Crippen molar-refractivity contribution < 1.29 is 19.3 Å². The number of amides is 1. The second kappa shape index (κ2) is 5.96. The molecule has 1 saturated heterocycles. The van der Waals surface area contributed by atoms with Crippen LogP contribution >= 0.6 is 0 Å². The summed E-state index contributed by atoms with van der Waals surface area (Å²) in [5, 5.41) is 2.97. The number of hydrogen-bond donors (Lipinski definition) is 2. The zero-order valence-corrected chi connectivity index (χ0v) is 17.9. The molecule has 5 saturated carbocycles. The van der Waals surface area contributed by atoms with E-state index in [-0.39, 0.29) is 11.4 Å². The summed E-state index contributed by atoms with van der Waals surface area (Å²) in [7, 11) is 0. The van der Waals surface area contributed by atoms with Crippen LogP contribution in [0, 0.1) is 35.0 Å². The third-order valence-corrected chi connectivity index (χ3v) is 9.48. The van der Waals surface area contributed by atoms with Crippen molar-refractivity contribution in [1.29, 1.82) is 0 Å². The van der Waals surface area contributed by atoms with E-state index in [9.17, 15) is 4.79 Å². The van der Waals surface area contributed by atoms with Gasteiger partial charge < -0.3 is 15.8 Å². The first-order valence-corrected chi connectivity index (χ1v) is 11.8. The molecule has 1 amide bonds. The number of nitrogens with one attached hydrogen (secondary N) is 1. The Hall–Kier alpha value is -0.690. The van der Waals surface area contributed by atoms with Crippen molar-refractivity contribution in [2.45, 2.75) is 95.2 Å². The largest absolute Gasteiger partial charge is 0.354 e. The average Bonchev–Trinajstić information content (AvgIpc) is 3.24. The van der Waals surface area contributed by atoms with Crippen LogP contribution in [0.2, 0.25) is 0 Å². The fraction of sp³-hybridized carbons (Fsp3) is 0.957. The molecule has 0 radical (unpaired) electrons. The molecule has 0 aromatic rings. The standard InChI is InChI=1S/C23H36N2O4/c1-20(2,24)13-25-19(26)7-14-3-5-22(6-4-14)27-23(29-28-22)17-9-15-8-16-10-18(23)12-21(15,16)11-17/h14-18H,3-13,24H2,1-2H3,(H,25,26)/t14-,15?,16?,17?,18?,21?,22-,23?. The van der Waals surface area contributed by atoms with Gasteiger partial charge >= 0.3 is 0 Å². The number of nitrogens with two attached hydrogens (primary N) is 1. The number of carbonyl (C=O) groups excluding carboxylic acids is 1. The number of fused-ring (bicyclic) bond motifs is 4. The zero-order valence-electron chi connectivity index (χ0n) is 17.9. The highest BCUT2D eigenvalue weighted by Crippen LogP contribution is 2.79. The highest BCUT2D eigenvalue weighted by Gasteiger charge is 2.77. The second-order valence-electron chi connectivity index (χ2n) is 11.9. The molecule has 3 bridgehead atoms. The quantitative estimate of drug-likeness (QED) is 0.703. The SMILES string of the molecule is CC(C)(N)CNC(=O)C[C@H]1CC[C@@]2(CC1)OO[C@@]1(O2)C2CC3CC4CC1CC34C2. The molecule has 5 aliphatic carbocycles. The van der Waals surface area contributed by atoms with Crippen LogP contribution in [0.15, 0.2) is 0 Å². The Bertz CT molecular complexity index is 684. The maximum Gasteiger partial charge on any atom is 0.220 e. The van der Waals surface area contributed by atoms with Gasteiger partial charge in [0.1, 0.15) is 0 Å². The predicted molar refractivity (Wildman–Crippen MR) is 106 cm³/mol. The molecule has 162 valence electrons. The average molecular weight is 405 g/mol. The lowest BCUT2D eigenvalue weighted by Gasteiger charge is -2.49. The summed E-state index contributed by atoms with van der Waals surface area (Å²) in [5.41, 5.74) is 6.24. The highest BCUT2D eigenvalue weighted by atomic mass is 17.3. The van der Waals surface area contributed by atoms with E-state index in [1.807, 2.05) is 13.8 Å². The molecular weight excluding hydrogens is 368 g/mol. The van der Waals surface area contributed by atoms with Gasteiger partial charge in [0.2, 0.25) is 17.5 Å². The fourth-order valence-electron chi connectivity index (χ4n) is 8.05.